The molecule has 0 bridgehead atoms. The van der Waals surface area contributed by atoms with Crippen molar-refractivity contribution >= 4 is 28.8 Å². The van der Waals surface area contributed by atoms with Crippen LogP contribution >= 0.6 is 11.3 Å². The van der Waals surface area contributed by atoms with Gasteiger partial charge in [0.2, 0.25) is 5.91 Å². The SMILES string of the molecule is CC(C)[C@H]1C(O)[C@@H](C(N)=O)C(=O)[C@]2(O)C(O)[C@H]3C(=O)c4c(O)ccc(-c5ccsc5)c4C[C@]3(C)C[C@]12C. The number of carbonyl (C=O) groups is 3. The van der Waals surface area contributed by atoms with Crippen LogP contribution in [-0.4, -0.2) is 55.7 Å². The van der Waals surface area contributed by atoms with Gasteiger partial charge < -0.3 is 26.2 Å². The predicted molar refractivity (Wildman–Crippen MR) is 137 cm³/mol. The van der Waals surface area contributed by atoms with Crippen LogP contribution in [0.15, 0.2) is 29.0 Å². The second-order valence-corrected chi connectivity index (χ2v) is 12.8. The summed E-state index contributed by atoms with van der Waals surface area (Å²) in [4.78, 5) is 40.0. The molecule has 2 aromatic rings. The molecule has 1 heterocycles. The van der Waals surface area contributed by atoms with Gasteiger partial charge in [0.05, 0.1) is 17.6 Å². The molecule has 2 unspecified atom stereocenters. The number of rotatable bonds is 3. The first-order chi connectivity index (χ1) is 17.2. The van der Waals surface area contributed by atoms with E-state index in [2.05, 4.69) is 0 Å². The summed E-state index contributed by atoms with van der Waals surface area (Å²) >= 11 is 1.51. The summed E-state index contributed by atoms with van der Waals surface area (Å²) in [6.07, 6.45) is -2.89. The zero-order valence-electron chi connectivity index (χ0n) is 21.3. The van der Waals surface area contributed by atoms with Gasteiger partial charge in [0.15, 0.2) is 17.2 Å². The molecule has 0 aliphatic heterocycles. The number of phenols is 1. The van der Waals surface area contributed by atoms with Crippen LogP contribution in [-0.2, 0) is 16.0 Å². The Hall–Kier alpha value is -2.59. The molecule has 1 aromatic carbocycles. The fraction of sp³-hybridized carbons (Fsp3) is 0.536. The number of hydrogen-bond donors (Lipinski definition) is 5. The molecule has 8 atom stereocenters. The van der Waals surface area contributed by atoms with E-state index in [9.17, 15) is 34.8 Å². The molecule has 5 rings (SSSR count). The molecule has 0 spiro atoms. The third-order valence-electron chi connectivity index (χ3n) is 9.50. The summed E-state index contributed by atoms with van der Waals surface area (Å²) in [5.74, 6) is -6.92. The third kappa shape index (κ3) is 3.21. The summed E-state index contributed by atoms with van der Waals surface area (Å²) in [7, 11) is 0. The first-order valence-electron chi connectivity index (χ1n) is 12.5. The highest BCUT2D eigenvalue weighted by Gasteiger charge is 2.75. The second kappa shape index (κ2) is 8.20. The van der Waals surface area contributed by atoms with Crippen molar-refractivity contribution in [3.05, 3.63) is 40.1 Å². The zero-order valence-corrected chi connectivity index (χ0v) is 22.1. The average Bonchev–Trinajstić information content (AvgIpc) is 3.30. The van der Waals surface area contributed by atoms with Crippen LogP contribution in [0.5, 0.6) is 5.75 Å². The van der Waals surface area contributed by atoms with Gasteiger partial charge in [-0.15, -0.1) is 0 Å². The van der Waals surface area contributed by atoms with Gasteiger partial charge in [0.1, 0.15) is 17.8 Å². The molecule has 6 N–H and O–H groups in total. The summed E-state index contributed by atoms with van der Waals surface area (Å²) < 4.78 is 0. The average molecular weight is 528 g/mol. The van der Waals surface area contributed by atoms with Gasteiger partial charge in [-0.2, -0.15) is 11.3 Å². The number of phenolic OH excluding ortho intramolecular Hbond substituents is 1. The Kier molecular flexibility index (Phi) is 5.77. The Morgan fingerprint density at radius 1 is 1.16 bits per heavy atom. The van der Waals surface area contributed by atoms with Crippen molar-refractivity contribution in [3.63, 3.8) is 0 Å². The van der Waals surface area contributed by atoms with E-state index in [-0.39, 0.29) is 23.7 Å². The molecule has 1 amide bonds. The second-order valence-electron chi connectivity index (χ2n) is 12.0. The highest BCUT2D eigenvalue weighted by molar-refractivity contribution is 7.08. The Morgan fingerprint density at radius 3 is 2.41 bits per heavy atom. The first kappa shape index (κ1) is 26.0. The van der Waals surface area contributed by atoms with Crippen molar-refractivity contribution in [3.8, 4) is 16.9 Å². The molecular weight excluding hydrogens is 494 g/mol. The Balaban J connectivity index is 1.74. The van der Waals surface area contributed by atoms with E-state index >= 15 is 0 Å². The lowest BCUT2D eigenvalue weighted by atomic mass is 9.39. The number of primary amides is 1. The molecule has 2 fully saturated rings. The molecular formula is C28H33NO7S. The number of aromatic hydroxyl groups is 1. The maximum Gasteiger partial charge on any atom is 0.230 e. The molecule has 3 aliphatic carbocycles. The van der Waals surface area contributed by atoms with Crippen molar-refractivity contribution < 1.29 is 34.8 Å². The van der Waals surface area contributed by atoms with Crippen LogP contribution in [0.3, 0.4) is 0 Å². The highest BCUT2D eigenvalue weighted by Crippen LogP contribution is 2.66. The predicted octanol–water partition coefficient (Wildman–Crippen LogP) is 2.30. The number of fused-ring (bicyclic) bond motifs is 3. The van der Waals surface area contributed by atoms with Gasteiger partial charge in [0.25, 0.3) is 0 Å². The van der Waals surface area contributed by atoms with Gasteiger partial charge in [-0.25, -0.2) is 0 Å². The minimum Gasteiger partial charge on any atom is -0.507 e. The van der Waals surface area contributed by atoms with Crippen molar-refractivity contribution in [2.75, 3.05) is 0 Å². The fourth-order valence-corrected chi connectivity index (χ4v) is 8.88. The zero-order chi connectivity index (χ0) is 27.2. The van der Waals surface area contributed by atoms with E-state index in [1.165, 1.54) is 17.4 Å². The molecule has 1 aromatic heterocycles. The summed E-state index contributed by atoms with van der Waals surface area (Å²) in [6.45, 7) is 7.15. The summed E-state index contributed by atoms with van der Waals surface area (Å²) in [6, 6.07) is 5.15. The monoisotopic (exact) mass is 527 g/mol. The van der Waals surface area contributed by atoms with Gasteiger partial charge in [-0.3, -0.25) is 14.4 Å². The molecule has 198 valence electrons. The van der Waals surface area contributed by atoms with Crippen molar-refractivity contribution in [2.24, 2.45) is 40.2 Å². The number of nitrogens with two attached hydrogens (primary N) is 1. The number of Topliss-reactive ketones (excluding diaryl/α,β-unsaturated/α-hetero) is 2. The molecule has 0 radical (unpaired) electrons. The molecule has 8 nitrogen and oxygen atoms in total. The van der Waals surface area contributed by atoms with Crippen LogP contribution in [0.4, 0.5) is 0 Å². The highest BCUT2D eigenvalue weighted by atomic mass is 32.1. The number of hydrogen-bond acceptors (Lipinski definition) is 8. The first-order valence-corrected chi connectivity index (χ1v) is 13.5. The molecule has 37 heavy (non-hydrogen) atoms. The largest absolute Gasteiger partial charge is 0.507 e. The van der Waals surface area contributed by atoms with Gasteiger partial charge in [-0.1, -0.05) is 33.8 Å². The number of thiophene rings is 1. The van der Waals surface area contributed by atoms with Crippen LogP contribution in [0.2, 0.25) is 0 Å². The third-order valence-corrected chi connectivity index (χ3v) is 10.2. The number of benzene rings is 1. The van der Waals surface area contributed by atoms with E-state index in [0.29, 0.717) is 12.0 Å². The number of ketones is 2. The Bertz CT molecular complexity index is 1310. The van der Waals surface area contributed by atoms with E-state index in [1.54, 1.807) is 13.0 Å². The molecule has 9 heteroatoms. The van der Waals surface area contributed by atoms with E-state index < -0.39 is 63.9 Å². The maximum atomic E-state index is 14.1. The Morgan fingerprint density at radius 2 is 1.84 bits per heavy atom. The lowest BCUT2D eigenvalue weighted by molar-refractivity contribution is -0.265. The van der Waals surface area contributed by atoms with Crippen LogP contribution in [0.25, 0.3) is 11.1 Å². The van der Waals surface area contributed by atoms with Gasteiger partial charge in [-0.05, 0) is 69.7 Å². The summed E-state index contributed by atoms with van der Waals surface area (Å²) in [5, 5.41) is 49.7. The number of aliphatic hydroxyl groups is 3. The smallest absolute Gasteiger partial charge is 0.230 e. The van der Waals surface area contributed by atoms with Crippen LogP contribution < -0.4 is 5.73 Å². The molecule has 0 saturated heterocycles. The number of aliphatic hydroxyl groups excluding tert-OH is 2. The number of carbonyl (C=O) groups excluding carboxylic acids is 3. The maximum absolute atomic E-state index is 14.1. The van der Waals surface area contributed by atoms with Gasteiger partial charge >= 0.3 is 0 Å². The Labute approximate surface area is 219 Å². The fourth-order valence-electron chi connectivity index (χ4n) is 8.22. The van der Waals surface area contributed by atoms with E-state index in [1.807, 2.05) is 37.6 Å². The van der Waals surface area contributed by atoms with Crippen LogP contribution in [0.1, 0.15) is 50.0 Å². The van der Waals surface area contributed by atoms with Crippen molar-refractivity contribution in [1.82, 2.24) is 0 Å². The quantitative estimate of drug-likeness (QED) is 0.383. The minimum absolute atomic E-state index is 0.0765. The van der Waals surface area contributed by atoms with E-state index in [0.717, 1.165) is 11.1 Å². The van der Waals surface area contributed by atoms with E-state index in [4.69, 9.17) is 5.73 Å². The summed E-state index contributed by atoms with van der Waals surface area (Å²) in [5.41, 5.74) is 3.15. The standard InChI is InChI=1S/C28H33NO7S/c1-12(2)19-22(32)18(25(29)35)23(33)28(36)24(34)20-21(31)17-15(9-26(20,3)11-27(19,28)4)14(5-6-16(17)30)13-7-8-37-10-13/h5-8,10,12,18-20,22,24,30,32,34,36H,9,11H2,1-4H3,(H2,29,35)/t18-,19+,20-,22?,24?,26-,27-,28+/m1/s1. The van der Waals surface area contributed by atoms with Crippen molar-refractivity contribution in [1.29, 1.82) is 0 Å². The molecule has 3 aliphatic rings. The van der Waals surface area contributed by atoms with Gasteiger partial charge in [0, 0.05) is 5.41 Å². The van der Waals surface area contributed by atoms with Crippen LogP contribution in [0, 0.1) is 34.5 Å². The topological polar surface area (TPSA) is 158 Å². The molecule has 2 saturated carbocycles. The lowest BCUT2D eigenvalue weighted by Gasteiger charge is -2.66. The number of amides is 1. The minimum atomic E-state index is -2.50. The normalized spacial score (nSPS) is 39.2. The van der Waals surface area contributed by atoms with Crippen molar-refractivity contribution in [2.45, 2.75) is 58.3 Å². The lowest BCUT2D eigenvalue weighted by Crippen LogP contribution is -2.79.